The zero-order valence-electron chi connectivity index (χ0n) is 13.7. The molecule has 0 saturated heterocycles. The lowest BCUT2D eigenvalue weighted by Gasteiger charge is -2.10. The Kier molecular flexibility index (Phi) is 3.98. The fraction of sp³-hybridized carbons (Fsp3) is 0.200. The Hall–Kier alpha value is -3.08. The summed E-state index contributed by atoms with van der Waals surface area (Å²) >= 11 is 0. The van der Waals surface area contributed by atoms with Crippen LogP contribution in [0.15, 0.2) is 60.8 Å². The summed E-state index contributed by atoms with van der Waals surface area (Å²) in [6.45, 7) is 0.717. The van der Waals surface area contributed by atoms with E-state index in [4.69, 9.17) is 5.11 Å². The number of carbonyl (C=O) groups is 1. The molecule has 126 valence electrons. The van der Waals surface area contributed by atoms with Gasteiger partial charge in [0.2, 0.25) is 0 Å². The number of hydrogen-bond acceptors (Lipinski definition) is 3. The second-order valence-corrected chi connectivity index (χ2v) is 6.32. The van der Waals surface area contributed by atoms with Crippen molar-refractivity contribution in [1.82, 2.24) is 9.78 Å². The molecule has 5 nitrogen and oxygen atoms in total. The number of carboxylic acids is 1. The molecule has 0 spiro atoms. The number of hydrogen-bond donors (Lipinski definition) is 2. The van der Waals surface area contributed by atoms with Crippen LogP contribution in [0.4, 0.5) is 5.69 Å². The molecule has 1 saturated carbocycles. The van der Waals surface area contributed by atoms with E-state index in [1.165, 1.54) is 18.5 Å². The highest BCUT2D eigenvalue weighted by atomic mass is 16.4. The summed E-state index contributed by atoms with van der Waals surface area (Å²) in [5.41, 5.74) is 4.36. The Morgan fingerprint density at radius 1 is 1.12 bits per heavy atom. The van der Waals surface area contributed by atoms with Crippen molar-refractivity contribution < 1.29 is 9.90 Å². The van der Waals surface area contributed by atoms with Crippen LogP contribution >= 0.6 is 0 Å². The summed E-state index contributed by atoms with van der Waals surface area (Å²) in [7, 11) is 0. The molecule has 0 atom stereocenters. The first-order chi connectivity index (χ1) is 12.2. The van der Waals surface area contributed by atoms with Gasteiger partial charge in [0.15, 0.2) is 0 Å². The highest BCUT2D eigenvalue weighted by Crippen LogP contribution is 2.35. The summed E-state index contributed by atoms with van der Waals surface area (Å²) in [6, 6.07) is 17.6. The number of rotatable bonds is 6. The summed E-state index contributed by atoms with van der Waals surface area (Å²) in [5.74, 6) is -0.913. The highest BCUT2D eigenvalue weighted by Gasteiger charge is 2.25. The molecule has 1 aliphatic carbocycles. The monoisotopic (exact) mass is 333 g/mol. The lowest BCUT2D eigenvalue weighted by atomic mass is 10.0. The molecule has 1 heterocycles. The molecule has 4 rings (SSSR count). The minimum absolute atomic E-state index is 0.296. The predicted molar refractivity (Wildman–Crippen MR) is 96.7 cm³/mol. The fourth-order valence-electron chi connectivity index (χ4n) is 2.96. The molecule has 0 unspecified atom stereocenters. The van der Waals surface area contributed by atoms with E-state index in [9.17, 15) is 4.79 Å². The van der Waals surface area contributed by atoms with Crippen LogP contribution in [-0.4, -0.2) is 20.9 Å². The van der Waals surface area contributed by atoms with E-state index in [2.05, 4.69) is 15.1 Å². The minimum atomic E-state index is -0.913. The third kappa shape index (κ3) is 3.40. The number of benzene rings is 2. The maximum Gasteiger partial charge on any atom is 0.335 e. The highest BCUT2D eigenvalue weighted by molar-refractivity contribution is 5.89. The van der Waals surface area contributed by atoms with Gasteiger partial charge in [-0.05, 0) is 54.3 Å². The molecular formula is C20H19N3O2. The fourth-order valence-corrected chi connectivity index (χ4v) is 2.96. The molecule has 2 aromatic carbocycles. The molecule has 0 aliphatic heterocycles. The van der Waals surface area contributed by atoms with Gasteiger partial charge in [0.25, 0.3) is 0 Å². The summed E-state index contributed by atoms with van der Waals surface area (Å²) in [5, 5.41) is 17.0. The smallest absolute Gasteiger partial charge is 0.335 e. The van der Waals surface area contributed by atoms with E-state index in [0.29, 0.717) is 11.6 Å². The average Bonchev–Trinajstić information content (AvgIpc) is 3.38. The lowest BCUT2D eigenvalue weighted by molar-refractivity contribution is 0.0697. The zero-order valence-corrected chi connectivity index (χ0v) is 13.7. The van der Waals surface area contributed by atoms with Crippen molar-refractivity contribution in [3.8, 4) is 11.1 Å². The van der Waals surface area contributed by atoms with Crippen molar-refractivity contribution in [2.75, 3.05) is 5.32 Å². The number of nitrogens with zero attached hydrogens (tertiary/aromatic N) is 2. The van der Waals surface area contributed by atoms with Crippen LogP contribution in [0.5, 0.6) is 0 Å². The van der Waals surface area contributed by atoms with Crippen LogP contribution in [0, 0.1) is 0 Å². The maximum absolute atomic E-state index is 11.2. The predicted octanol–water partition coefficient (Wildman–Crippen LogP) is 4.20. The van der Waals surface area contributed by atoms with Gasteiger partial charge in [-0.2, -0.15) is 5.10 Å². The first-order valence-electron chi connectivity index (χ1n) is 8.41. The standard InChI is InChI=1S/C20H19N3O2/c24-20(25)16-5-1-3-14(11-16)15-4-2-6-17(12-15)21-13-19-9-10-22-23(19)18-7-8-18/h1-6,9-12,18,21H,7-8,13H2,(H,24,25). The largest absolute Gasteiger partial charge is 0.478 e. The van der Waals surface area contributed by atoms with Gasteiger partial charge in [-0.1, -0.05) is 24.3 Å². The Labute approximate surface area is 145 Å². The van der Waals surface area contributed by atoms with Gasteiger partial charge in [-0.25, -0.2) is 4.79 Å². The second-order valence-electron chi connectivity index (χ2n) is 6.32. The van der Waals surface area contributed by atoms with Gasteiger partial charge in [0.05, 0.1) is 23.8 Å². The average molecular weight is 333 g/mol. The van der Waals surface area contributed by atoms with E-state index in [-0.39, 0.29) is 0 Å². The van der Waals surface area contributed by atoms with Crippen LogP contribution in [0.2, 0.25) is 0 Å². The van der Waals surface area contributed by atoms with Crippen molar-refractivity contribution in [3.05, 3.63) is 72.1 Å². The second kappa shape index (κ2) is 6.43. The molecule has 0 radical (unpaired) electrons. The van der Waals surface area contributed by atoms with E-state index in [0.717, 1.165) is 23.4 Å². The minimum Gasteiger partial charge on any atom is -0.478 e. The SMILES string of the molecule is O=C(O)c1cccc(-c2cccc(NCc3ccnn3C3CC3)c2)c1. The first-order valence-corrected chi connectivity index (χ1v) is 8.41. The zero-order chi connectivity index (χ0) is 17.2. The Morgan fingerprint density at radius 3 is 2.64 bits per heavy atom. The van der Waals surface area contributed by atoms with Gasteiger partial charge in [0.1, 0.15) is 0 Å². The number of aromatic carboxylic acids is 1. The van der Waals surface area contributed by atoms with E-state index in [1.807, 2.05) is 42.6 Å². The Morgan fingerprint density at radius 2 is 1.88 bits per heavy atom. The molecular weight excluding hydrogens is 314 g/mol. The first kappa shape index (κ1) is 15.4. The van der Waals surface area contributed by atoms with E-state index >= 15 is 0 Å². The molecule has 0 amide bonds. The van der Waals surface area contributed by atoms with Gasteiger partial charge in [-0.3, -0.25) is 4.68 Å². The summed E-state index contributed by atoms with van der Waals surface area (Å²) < 4.78 is 2.10. The van der Waals surface area contributed by atoms with Gasteiger partial charge in [-0.15, -0.1) is 0 Å². The Bertz CT molecular complexity index is 913. The normalized spacial score (nSPS) is 13.6. The molecule has 25 heavy (non-hydrogen) atoms. The van der Waals surface area contributed by atoms with Crippen molar-refractivity contribution in [1.29, 1.82) is 0 Å². The molecule has 1 aliphatic rings. The lowest BCUT2D eigenvalue weighted by Crippen LogP contribution is -2.07. The topological polar surface area (TPSA) is 67.2 Å². The van der Waals surface area contributed by atoms with Crippen molar-refractivity contribution >= 4 is 11.7 Å². The van der Waals surface area contributed by atoms with Crippen LogP contribution in [0.25, 0.3) is 11.1 Å². The van der Waals surface area contributed by atoms with Crippen molar-refractivity contribution in [2.24, 2.45) is 0 Å². The van der Waals surface area contributed by atoms with E-state index < -0.39 is 5.97 Å². The quantitative estimate of drug-likeness (QED) is 0.709. The van der Waals surface area contributed by atoms with Crippen LogP contribution in [-0.2, 0) is 6.54 Å². The Balaban J connectivity index is 1.52. The number of nitrogens with one attached hydrogen (secondary N) is 1. The number of anilines is 1. The van der Waals surface area contributed by atoms with Crippen molar-refractivity contribution in [2.45, 2.75) is 25.4 Å². The number of carboxylic acid groups (broad SMARTS) is 1. The third-order valence-electron chi connectivity index (χ3n) is 4.42. The third-order valence-corrected chi connectivity index (χ3v) is 4.42. The number of aromatic nitrogens is 2. The van der Waals surface area contributed by atoms with Gasteiger partial charge >= 0.3 is 5.97 Å². The molecule has 0 bridgehead atoms. The summed E-state index contributed by atoms with van der Waals surface area (Å²) in [4.78, 5) is 11.2. The van der Waals surface area contributed by atoms with Crippen LogP contribution in [0.1, 0.15) is 34.9 Å². The molecule has 5 heteroatoms. The van der Waals surface area contributed by atoms with Gasteiger partial charge < -0.3 is 10.4 Å². The summed E-state index contributed by atoms with van der Waals surface area (Å²) in [6.07, 6.45) is 4.28. The van der Waals surface area contributed by atoms with E-state index in [1.54, 1.807) is 18.2 Å². The molecule has 1 aromatic heterocycles. The van der Waals surface area contributed by atoms with Crippen molar-refractivity contribution in [3.63, 3.8) is 0 Å². The van der Waals surface area contributed by atoms with Gasteiger partial charge in [0, 0.05) is 11.9 Å². The molecule has 2 N–H and O–H groups in total. The molecule has 1 fully saturated rings. The van der Waals surface area contributed by atoms with Crippen LogP contribution in [0.3, 0.4) is 0 Å². The van der Waals surface area contributed by atoms with Crippen LogP contribution < -0.4 is 5.32 Å². The molecule has 3 aromatic rings. The maximum atomic E-state index is 11.2.